The van der Waals surface area contributed by atoms with Crippen molar-refractivity contribution in [3.05, 3.63) is 12.7 Å². The van der Waals surface area contributed by atoms with E-state index in [0.717, 1.165) is 0 Å². The van der Waals surface area contributed by atoms with Gasteiger partial charge in [-0.05, 0) is 6.42 Å². The molecule has 90 valence electrons. The first kappa shape index (κ1) is 12.7. The number of aliphatic carboxylic acids is 1. The normalized spacial score (nSPS) is 22.1. The SMILES string of the molecule is C=CCC(NC(=O)C1COCCN1)C(=O)O. The van der Waals surface area contributed by atoms with Gasteiger partial charge in [0.25, 0.3) is 0 Å². The number of carboxylic acids is 1. The Bertz CT molecular complexity index is 274. The summed E-state index contributed by atoms with van der Waals surface area (Å²) in [6.07, 6.45) is 1.67. The highest BCUT2D eigenvalue weighted by molar-refractivity contribution is 5.87. The minimum Gasteiger partial charge on any atom is -0.480 e. The molecule has 1 amide bonds. The number of nitrogens with one attached hydrogen (secondary N) is 2. The minimum absolute atomic E-state index is 0.203. The van der Waals surface area contributed by atoms with Gasteiger partial charge in [0.15, 0.2) is 0 Å². The number of ether oxygens (including phenoxy) is 1. The van der Waals surface area contributed by atoms with Crippen LogP contribution in [0.5, 0.6) is 0 Å². The van der Waals surface area contributed by atoms with E-state index in [1.807, 2.05) is 0 Å². The Morgan fingerprint density at radius 2 is 2.44 bits per heavy atom. The predicted octanol–water partition coefficient (Wildman–Crippen LogP) is -0.880. The first-order valence-electron chi connectivity index (χ1n) is 5.10. The van der Waals surface area contributed by atoms with E-state index in [2.05, 4.69) is 17.2 Å². The molecule has 3 N–H and O–H groups in total. The molecule has 2 unspecified atom stereocenters. The van der Waals surface area contributed by atoms with Crippen LogP contribution in [0.2, 0.25) is 0 Å². The summed E-state index contributed by atoms with van der Waals surface area (Å²) < 4.78 is 5.11. The molecule has 6 nitrogen and oxygen atoms in total. The van der Waals surface area contributed by atoms with E-state index in [4.69, 9.17) is 9.84 Å². The van der Waals surface area contributed by atoms with Crippen LogP contribution in [0.4, 0.5) is 0 Å². The first-order valence-corrected chi connectivity index (χ1v) is 5.10. The average molecular weight is 228 g/mol. The van der Waals surface area contributed by atoms with Gasteiger partial charge >= 0.3 is 5.97 Å². The molecule has 1 rings (SSSR count). The van der Waals surface area contributed by atoms with Crippen LogP contribution in [0.15, 0.2) is 12.7 Å². The van der Waals surface area contributed by atoms with Crippen molar-refractivity contribution in [2.24, 2.45) is 0 Å². The van der Waals surface area contributed by atoms with Gasteiger partial charge in [-0.15, -0.1) is 6.58 Å². The molecule has 0 aromatic rings. The van der Waals surface area contributed by atoms with Crippen LogP contribution in [-0.2, 0) is 14.3 Å². The van der Waals surface area contributed by atoms with Crippen LogP contribution in [0.1, 0.15) is 6.42 Å². The fourth-order valence-electron chi connectivity index (χ4n) is 1.39. The lowest BCUT2D eigenvalue weighted by molar-refractivity contribution is -0.142. The second-order valence-electron chi connectivity index (χ2n) is 3.51. The smallest absolute Gasteiger partial charge is 0.326 e. The summed E-state index contributed by atoms with van der Waals surface area (Å²) in [4.78, 5) is 22.4. The predicted molar refractivity (Wildman–Crippen MR) is 57.0 cm³/mol. The number of carboxylic acid groups (broad SMARTS) is 1. The highest BCUT2D eigenvalue weighted by Gasteiger charge is 2.25. The van der Waals surface area contributed by atoms with Crippen LogP contribution < -0.4 is 10.6 Å². The van der Waals surface area contributed by atoms with Crippen LogP contribution in [-0.4, -0.2) is 48.8 Å². The van der Waals surface area contributed by atoms with Crippen LogP contribution >= 0.6 is 0 Å². The molecule has 0 spiro atoms. The zero-order valence-corrected chi connectivity index (χ0v) is 8.94. The van der Waals surface area contributed by atoms with Gasteiger partial charge in [0.05, 0.1) is 13.2 Å². The molecule has 2 atom stereocenters. The van der Waals surface area contributed by atoms with E-state index >= 15 is 0 Å². The Kier molecular flexibility index (Phi) is 4.94. The lowest BCUT2D eigenvalue weighted by Gasteiger charge is -2.24. The molecule has 1 aliphatic rings. The van der Waals surface area contributed by atoms with Crippen molar-refractivity contribution >= 4 is 11.9 Å². The van der Waals surface area contributed by atoms with Gasteiger partial charge in [0.1, 0.15) is 12.1 Å². The van der Waals surface area contributed by atoms with Gasteiger partial charge in [-0.2, -0.15) is 0 Å². The molecule has 0 saturated carbocycles. The number of morpholine rings is 1. The monoisotopic (exact) mass is 228 g/mol. The Labute approximate surface area is 93.7 Å². The van der Waals surface area contributed by atoms with Gasteiger partial charge in [-0.3, -0.25) is 4.79 Å². The van der Waals surface area contributed by atoms with E-state index in [1.54, 1.807) is 0 Å². The third-order valence-electron chi connectivity index (χ3n) is 2.26. The van der Waals surface area contributed by atoms with Gasteiger partial charge in [-0.1, -0.05) is 6.08 Å². The van der Waals surface area contributed by atoms with Crippen LogP contribution in [0.25, 0.3) is 0 Å². The third kappa shape index (κ3) is 3.63. The maximum absolute atomic E-state index is 11.6. The number of hydrogen-bond acceptors (Lipinski definition) is 4. The van der Waals surface area contributed by atoms with Crippen molar-refractivity contribution in [3.8, 4) is 0 Å². The molecule has 6 heteroatoms. The van der Waals surface area contributed by atoms with Gasteiger partial charge in [0, 0.05) is 6.54 Å². The second kappa shape index (κ2) is 6.24. The van der Waals surface area contributed by atoms with Crippen molar-refractivity contribution in [1.29, 1.82) is 0 Å². The van der Waals surface area contributed by atoms with Crippen LogP contribution in [0, 0.1) is 0 Å². The molecule has 0 aromatic heterocycles. The maximum Gasteiger partial charge on any atom is 0.326 e. The summed E-state index contributed by atoms with van der Waals surface area (Å²) in [5.41, 5.74) is 0. The fraction of sp³-hybridized carbons (Fsp3) is 0.600. The molecule has 1 fully saturated rings. The van der Waals surface area contributed by atoms with E-state index in [1.165, 1.54) is 6.08 Å². The van der Waals surface area contributed by atoms with Crippen molar-refractivity contribution in [3.63, 3.8) is 0 Å². The Hall–Kier alpha value is -1.40. The zero-order chi connectivity index (χ0) is 12.0. The number of hydrogen-bond donors (Lipinski definition) is 3. The Morgan fingerprint density at radius 3 is 2.94 bits per heavy atom. The maximum atomic E-state index is 11.6. The zero-order valence-electron chi connectivity index (χ0n) is 8.94. The number of rotatable bonds is 5. The summed E-state index contributed by atoms with van der Waals surface area (Å²) in [6, 6.07) is -1.39. The topological polar surface area (TPSA) is 87.7 Å². The molecule has 0 bridgehead atoms. The molecule has 1 saturated heterocycles. The standard InChI is InChI=1S/C10H16N2O4/c1-2-3-7(10(14)15)12-9(13)8-6-16-5-4-11-8/h2,7-8,11H,1,3-6H2,(H,12,13)(H,14,15). The molecular weight excluding hydrogens is 212 g/mol. The summed E-state index contributed by atoms with van der Waals surface area (Å²) in [5.74, 6) is -1.42. The summed E-state index contributed by atoms with van der Waals surface area (Å²) in [7, 11) is 0. The number of carbonyl (C=O) groups excluding carboxylic acids is 1. The van der Waals surface area contributed by atoms with Gasteiger partial charge < -0.3 is 20.5 Å². The van der Waals surface area contributed by atoms with Crippen molar-refractivity contribution < 1.29 is 19.4 Å². The molecular formula is C10H16N2O4. The largest absolute Gasteiger partial charge is 0.480 e. The summed E-state index contributed by atoms with van der Waals surface area (Å²) in [6.45, 7) is 4.88. The van der Waals surface area contributed by atoms with E-state index in [9.17, 15) is 9.59 Å². The van der Waals surface area contributed by atoms with E-state index in [0.29, 0.717) is 13.2 Å². The summed E-state index contributed by atoms with van der Waals surface area (Å²) >= 11 is 0. The quantitative estimate of drug-likeness (QED) is 0.532. The van der Waals surface area contributed by atoms with Gasteiger partial charge in [0.2, 0.25) is 5.91 Å². The van der Waals surface area contributed by atoms with Crippen LogP contribution in [0.3, 0.4) is 0 Å². The Morgan fingerprint density at radius 1 is 1.69 bits per heavy atom. The number of carbonyl (C=O) groups is 2. The lowest BCUT2D eigenvalue weighted by atomic mass is 10.2. The number of amides is 1. The second-order valence-corrected chi connectivity index (χ2v) is 3.51. The van der Waals surface area contributed by atoms with E-state index in [-0.39, 0.29) is 18.9 Å². The van der Waals surface area contributed by atoms with E-state index < -0.39 is 18.1 Å². The van der Waals surface area contributed by atoms with Gasteiger partial charge in [-0.25, -0.2) is 4.79 Å². The average Bonchev–Trinajstić information content (AvgIpc) is 2.29. The first-order chi connectivity index (χ1) is 7.65. The minimum atomic E-state index is -1.06. The van der Waals surface area contributed by atoms with Crippen molar-refractivity contribution in [2.75, 3.05) is 19.8 Å². The third-order valence-corrected chi connectivity index (χ3v) is 2.26. The highest BCUT2D eigenvalue weighted by Crippen LogP contribution is 1.97. The Balaban J connectivity index is 2.46. The molecule has 1 aliphatic heterocycles. The van der Waals surface area contributed by atoms with Crippen molar-refractivity contribution in [2.45, 2.75) is 18.5 Å². The molecule has 16 heavy (non-hydrogen) atoms. The lowest BCUT2D eigenvalue weighted by Crippen LogP contribution is -2.54. The molecule has 0 aliphatic carbocycles. The summed E-state index contributed by atoms with van der Waals surface area (Å²) in [5, 5.41) is 14.2. The molecule has 0 radical (unpaired) electrons. The highest BCUT2D eigenvalue weighted by atomic mass is 16.5. The molecule has 1 heterocycles. The molecule has 0 aromatic carbocycles. The van der Waals surface area contributed by atoms with Crippen molar-refractivity contribution in [1.82, 2.24) is 10.6 Å². The fourth-order valence-corrected chi connectivity index (χ4v) is 1.39.